The van der Waals surface area contributed by atoms with Crippen LogP contribution in [0.2, 0.25) is 0 Å². The first-order chi connectivity index (χ1) is 8.41. The van der Waals surface area contributed by atoms with Crippen LogP contribution in [0.15, 0.2) is 0 Å². The predicted molar refractivity (Wildman–Crippen MR) is 70.8 cm³/mol. The van der Waals surface area contributed by atoms with E-state index in [1.807, 2.05) is 0 Å². The molecule has 0 spiro atoms. The summed E-state index contributed by atoms with van der Waals surface area (Å²) in [5.41, 5.74) is 5.25. The van der Waals surface area contributed by atoms with E-state index in [-0.39, 0.29) is 17.6 Å². The van der Waals surface area contributed by atoms with Crippen molar-refractivity contribution in [1.29, 1.82) is 0 Å². The van der Waals surface area contributed by atoms with Crippen LogP contribution in [0.3, 0.4) is 0 Å². The van der Waals surface area contributed by atoms with E-state index in [9.17, 15) is 14.7 Å². The molecule has 2 unspecified atom stereocenters. The highest BCUT2D eigenvalue weighted by molar-refractivity contribution is 7.80. The Hall–Kier alpha value is -1.21. The van der Waals surface area contributed by atoms with Gasteiger partial charge in [0.2, 0.25) is 0 Å². The van der Waals surface area contributed by atoms with Crippen molar-refractivity contribution in [2.45, 2.75) is 38.3 Å². The topological polar surface area (TPSA) is 95.7 Å². The summed E-state index contributed by atoms with van der Waals surface area (Å²) in [5.74, 6) is -1.27. The van der Waals surface area contributed by atoms with E-state index in [1.54, 1.807) is 6.92 Å². The maximum atomic E-state index is 11.9. The van der Waals surface area contributed by atoms with E-state index in [0.29, 0.717) is 13.0 Å². The van der Waals surface area contributed by atoms with E-state index < -0.39 is 17.9 Å². The fraction of sp³-hybridized carbons (Fsp3) is 0.727. The van der Waals surface area contributed by atoms with Crippen molar-refractivity contribution < 1.29 is 14.7 Å². The first-order valence-electron chi connectivity index (χ1n) is 5.97. The van der Waals surface area contributed by atoms with Gasteiger partial charge in [0.25, 0.3) is 0 Å². The Bertz CT molecular complexity index is 346. The molecule has 1 heterocycles. The van der Waals surface area contributed by atoms with Crippen molar-refractivity contribution >= 4 is 29.0 Å². The number of rotatable bonds is 4. The van der Waals surface area contributed by atoms with Gasteiger partial charge in [-0.2, -0.15) is 0 Å². The van der Waals surface area contributed by atoms with Crippen LogP contribution in [-0.4, -0.2) is 52.0 Å². The Morgan fingerprint density at radius 2 is 2.28 bits per heavy atom. The van der Waals surface area contributed by atoms with E-state index in [2.05, 4.69) is 17.5 Å². The van der Waals surface area contributed by atoms with Gasteiger partial charge >= 0.3 is 11.8 Å². The molecule has 0 aromatic rings. The van der Waals surface area contributed by atoms with E-state index in [1.165, 1.54) is 4.90 Å². The third-order valence-corrected chi connectivity index (χ3v) is 3.01. The molecule has 1 aliphatic heterocycles. The molecule has 0 aromatic heterocycles. The standard InChI is InChI=1S/C11H19N3O3S/c1-7(15)5-8-3-2-4-14(8)11(17)10(16)13-6-9(12)18/h7-8,15H,2-6H2,1H3,(H2,12,18)(H,13,16). The lowest BCUT2D eigenvalue weighted by atomic mass is 10.1. The van der Waals surface area contributed by atoms with Gasteiger partial charge in [0, 0.05) is 12.6 Å². The van der Waals surface area contributed by atoms with E-state index >= 15 is 0 Å². The minimum Gasteiger partial charge on any atom is -0.393 e. The summed E-state index contributed by atoms with van der Waals surface area (Å²) in [7, 11) is 0. The summed E-state index contributed by atoms with van der Waals surface area (Å²) < 4.78 is 0. The minimum absolute atomic E-state index is 0.0226. The van der Waals surface area contributed by atoms with Crippen LogP contribution < -0.4 is 11.1 Å². The lowest BCUT2D eigenvalue weighted by Gasteiger charge is -2.25. The summed E-state index contributed by atoms with van der Waals surface area (Å²) in [6.07, 6.45) is 1.68. The highest BCUT2D eigenvalue weighted by Gasteiger charge is 2.32. The zero-order valence-corrected chi connectivity index (χ0v) is 11.2. The van der Waals surface area contributed by atoms with Gasteiger partial charge in [-0.25, -0.2) is 0 Å². The molecule has 0 bridgehead atoms. The second kappa shape index (κ2) is 6.65. The van der Waals surface area contributed by atoms with E-state index in [4.69, 9.17) is 5.73 Å². The maximum Gasteiger partial charge on any atom is 0.312 e. The third-order valence-electron chi connectivity index (χ3n) is 2.87. The highest BCUT2D eigenvalue weighted by Crippen LogP contribution is 2.21. The van der Waals surface area contributed by atoms with Crippen LogP contribution in [-0.2, 0) is 9.59 Å². The molecule has 1 fully saturated rings. The fourth-order valence-corrected chi connectivity index (χ4v) is 2.19. The molecule has 0 aliphatic carbocycles. The number of carbonyl (C=O) groups excluding carboxylic acids is 2. The second-order valence-corrected chi connectivity index (χ2v) is 5.05. The zero-order chi connectivity index (χ0) is 13.7. The molecule has 102 valence electrons. The first-order valence-corrected chi connectivity index (χ1v) is 6.37. The number of carbonyl (C=O) groups is 2. The van der Waals surface area contributed by atoms with Crippen molar-refractivity contribution in [3.63, 3.8) is 0 Å². The predicted octanol–water partition coefficient (Wildman–Crippen LogP) is -0.849. The summed E-state index contributed by atoms with van der Waals surface area (Å²) in [6, 6.07) is -0.0620. The van der Waals surface area contributed by atoms with Gasteiger partial charge in [-0.05, 0) is 26.2 Å². The molecule has 0 radical (unpaired) electrons. The molecule has 1 saturated heterocycles. The van der Waals surface area contributed by atoms with Crippen LogP contribution >= 0.6 is 12.2 Å². The van der Waals surface area contributed by atoms with Gasteiger partial charge in [-0.3, -0.25) is 9.59 Å². The lowest BCUT2D eigenvalue weighted by molar-refractivity contribution is -0.146. The number of nitrogens with two attached hydrogens (primary N) is 1. The SMILES string of the molecule is CC(O)CC1CCCN1C(=O)C(=O)NCC(N)=S. The van der Waals surface area contributed by atoms with Gasteiger partial charge in [-0.1, -0.05) is 12.2 Å². The fourth-order valence-electron chi connectivity index (χ4n) is 2.12. The molecule has 1 aliphatic rings. The molecular formula is C11H19N3O3S. The Morgan fingerprint density at radius 1 is 1.61 bits per heavy atom. The summed E-state index contributed by atoms with van der Waals surface area (Å²) in [4.78, 5) is 25.1. The average molecular weight is 273 g/mol. The van der Waals surface area contributed by atoms with Crippen molar-refractivity contribution in [3.8, 4) is 0 Å². The van der Waals surface area contributed by atoms with Crippen molar-refractivity contribution in [2.75, 3.05) is 13.1 Å². The number of thiocarbonyl (C=S) groups is 1. The first kappa shape index (κ1) is 14.8. The molecule has 2 atom stereocenters. The van der Waals surface area contributed by atoms with Crippen LogP contribution in [0.25, 0.3) is 0 Å². The van der Waals surface area contributed by atoms with E-state index in [0.717, 1.165) is 12.8 Å². The smallest absolute Gasteiger partial charge is 0.312 e. The van der Waals surface area contributed by atoms with Gasteiger partial charge in [-0.15, -0.1) is 0 Å². The Labute approximate surface area is 112 Å². The lowest BCUT2D eigenvalue weighted by Crippen LogP contribution is -2.47. The Balaban J connectivity index is 2.53. The summed E-state index contributed by atoms with van der Waals surface area (Å²) in [6.45, 7) is 2.25. The molecule has 6 nitrogen and oxygen atoms in total. The number of aliphatic hydroxyl groups is 1. The molecule has 2 amide bonds. The highest BCUT2D eigenvalue weighted by atomic mass is 32.1. The third kappa shape index (κ3) is 4.23. The Morgan fingerprint density at radius 3 is 2.83 bits per heavy atom. The van der Waals surface area contributed by atoms with Crippen molar-refractivity contribution in [3.05, 3.63) is 0 Å². The van der Waals surface area contributed by atoms with Crippen LogP contribution in [0.5, 0.6) is 0 Å². The van der Waals surface area contributed by atoms with Gasteiger partial charge < -0.3 is 21.1 Å². The second-order valence-electron chi connectivity index (χ2n) is 4.53. The van der Waals surface area contributed by atoms with Crippen molar-refractivity contribution in [2.24, 2.45) is 5.73 Å². The van der Waals surface area contributed by atoms with Crippen molar-refractivity contribution in [1.82, 2.24) is 10.2 Å². The normalized spacial score (nSPS) is 20.6. The monoisotopic (exact) mass is 273 g/mol. The minimum atomic E-state index is -0.694. The summed E-state index contributed by atoms with van der Waals surface area (Å²) in [5, 5.41) is 11.7. The molecule has 1 rings (SSSR count). The number of amides is 2. The Kier molecular flexibility index (Phi) is 5.49. The summed E-state index contributed by atoms with van der Waals surface area (Å²) >= 11 is 4.62. The molecule has 7 heteroatoms. The quantitative estimate of drug-likeness (QED) is 0.458. The average Bonchev–Trinajstić information content (AvgIpc) is 2.71. The molecule has 0 saturated carbocycles. The number of nitrogens with zero attached hydrogens (tertiary/aromatic N) is 1. The van der Waals surface area contributed by atoms with Gasteiger partial charge in [0.15, 0.2) is 0 Å². The zero-order valence-electron chi connectivity index (χ0n) is 10.4. The number of hydrogen-bond acceptors (Lipinski definition) is 4. The number of hydrogen-bond donors (Lipinski definition) is 3. The maximum absolute atomic E-state index is 11.9. The van der Waals surface area contributed by atoms with Crippen LogP contribution in [0.1, 0.15) is 26.2 Å². The van der Waals surface area contributed by atoms with Gasteiger partial charge in [0.05, 0.1) is 17.6 Å². The molecule has 18 heavy (non-hydrogen) atoms. The number of aliphatic hydroxyl groups excluding tert-OH is 1. The molecule has 4 N–H and O–H groups in total. The number of likely N-dealkylation sites (tertiary alicyclic amines) is 1. The van der Waals surface area contributed by atoms with Crippen LogP contribution in [0.4, 0.5) is 0 Å². The van der Waals surface area contributed by atoms with Gasteiger partial charge in [0.1, 0.15) is 0 Å². The van der Waals surface area contributed by atoms with Crippen LogP contribution in [0, 0.1) is 0 Å². The molecular weight excluding hydrogens is 254 g/mol. The number of nitrogens with one attached hydrogen (secondary N) is 1. The largest absolute Gasteiger partial charge is 0.393 e. The molecule has 0 aromatic carbocycles.